The van der Waals surface area contributed by atoms with Crippen LogP contribution in [0.3, 0.4) is 0 Å². The first-order valence-corrected chi connectivity index (χ1v) is 5.64. The number of alkyl halides is 2. The van der Waals surface area contributed by atoms with E-state index in [-0.39, 0.29) is 17.1 Å². The van der Waals surface area contributed by atoms with Crippen LogP contribution in [0.2, 0.25) is 0 Å². The Morgan fingerprint density at radius 2 is 1.90 bits per heavy atom. The molecule has 2 rings (SSSR count). The highest BCUT2D eigenvalue weighted by atomic mass is 19.3. The van der Waals surface area contributed by atoms with E-state index in [1.807, 2.05) is 0 Å². The molecule has 0 radical (unpaired) electrons. The van der Waals surface area contributed by atoms with Gasteiger partial charge in [0.05, 0.1) is 5.56 Å². The van der Waals surface area contributed by atoms with Gasteiger partial charge in [0.25, 0.3) is 5.91 Å². The molecule has 21 heavy (non-hydrogen) atoms. The molecule has 6 nitrogen and oxygen atoms in total. The molecule has 0 saturated carbocycles. The van der Waals surface area contributed by atoms with Gasteiger partial charge in [0.1, 0.15) is 12.0 Å². The number of nitrogens with one attached hydrogen (secondary N) is 1. The zero-order chi connectivity index (χ0) is 15.4. The minimum Gasteiger partial charge on any atom is -0.478 e. The van der Waals surface area contributed by atoms with Crippen molar-refractivity contribution in [2.24, 2.45) is 0 Å². The molecule has 8 heteroatoms. The van der Waals surface area contributed by atoms with Gasteiger partial charge in [-0.1, -0.05) is 0 Å². The molecule has 1 amide bonds. The maximum Gasteiger partial charge on any atom is 0.387 e. The Morgan fingerprint density at radius 3 is 2.43 bits per heavy atom. The lowest BCUT2D eigenvalue weighted by Gasteiger charge is -2.06. The van der Waals surface area contributed by atoms with Crippen LogP contribution in [0.5, 0.6) is 5.75 Å². The van der Waals surface area contributed by atoms with Crippen LogP contribution in [0.4, 0.5) is 14.5 Å². The molecule has 110 valence electrons. The zero-order valence-electron chi connectivity index (χ0n) is 10.4. The molecule has 0 unspecified atom stereocenters. The van der Waals surface area contributed by atoms with Gasteiger partial charge in [-0.15, -0.1) is 0 Å². The van der Waals surface area contributed by atoms with Crippen molar-refractivity contribution in [1.82, 2.24) is 0 Å². The van der Waals surface area contributed by atoms with Crippen LogP contribution in [0.25, 0.3) is 0 Å². The third-order valence-corrected chi connectivity index (χ3v) is 2.41. The fourth-order valence-corrected chi connectivity index (χ4v) is 1.48. The number of benzene rings is 1. The van der Waals surface area contributed by atoms with Gasteiger partial charge in [-0.05, 0) is 24.3 Å². The predicted molar refractivity (Wildman–Crippen MR) is 66.7 cm³/mol. The Hall–Kier alpha value is -2.90. The average molecular weight is 297 g/mol. The number of halogens is 2. The van der Waals surface area contributed by atoms with E-state index in [0.717, 1.165) is 12.3 Å². The van der Waals surface area contributed by atoms with Gasteiger partial charge < -0.3 is 19.6 Å². The number of carboxylic acid groups (broad SMARTS) is 1. The van der Waals surface area contributed by atoms with E-state index in [1.54, 1.807) is 0 Å². The van der Waals surface area contributed by atoms with Gasteiger partial charge in [-0.3, -0.25) is 4.79 Å². The fraction of sp³-hybridized carbons (Fsp3) is 0.0769. The van der Waals surface area contributed by atoms with Crippen molar-refractivity contribution in [3.8, 4) is 5.75 Å². The van der Waals surface area contributed by atoms with E-state index >= 15 is 0 Å². The fourth-order valence-electron chi connectivity index (χ4n) is 1.48. The van der Waals surface area contributed by atoms with Crippen molar-refractivity contribution < 1.29 is 32.6 Å². The van der Waals surface area contributed by atoms with Crippen molar-refractivity contribution in [3.63, 3.8) is 0 Å². The Bertz CT molecular complexity index is 651. The number of carbonyl (C=O) groups is 2. The van der Waals surface area contributed by atoms with Crippen molar-refractivity contribution in [3.05, 3.63) is 47.9 Å². The van der Waals surface area contributed by atoms with Gasteiger partial charge in [0.15, 0.2) is 5.76 Å². The van der Waals surface area contributed by atoms with Gasteiger partial charge >= 0.3 is 12.6 Å². The number of hydrogen-bond acceptors (Lipinski definition) is 4. The van der Waals surface area contributed by atoms with Crippen LogP contribution in [-0.4, -0.2) is 23.6 Å². The molecule has 1 aromatic heterocycles. The average Bonchev–Trinajstić information content (AvgIpc) is 2.90. The number of ether oxygens (including phenoxy) is 1. The van der Waals surface area contributed by atoms with E-state index < -0.39 is 18.5 Å². The molecule has 0 saturated heterocycles. The van der Waals surface area contributed by atoms with Crippen LogP contribution in [0.1, 0.15) is 20.9 Å². The normalized spacial score (nSPS) is 10.4. The van der Waals surface area contributed by atoms with Crippen molar-refractivity contribution >= 4 is 17.6 Å². The third kappa shape index (κ3) is 3.78. The maximum absolute atomic E-state index is 12.0. The first kappa shape index (κ1) is 14.5. The minimum absolute atomic E-state index is 0.0471. The van der Waals surface area contributed by atoms with E-state index in [1.165, 1.54) is 24.3 Å². The molecule has 2 N–H and O–H groups in total. The second kappa shape index (κ2) is 6.04. The first-order chi connectivity index (χ1) is 9.95. The summed E-state index contributed by atoms with van der Waals surface area (Å²) < 4.78 is 32.9. The summed E-state index contributed by atoms with van der Waals surface area (Å²) in [7, 11) is 0. The summed E-state index contributed by atoms with van der Waals surface area (Å²) >= 11 is 0. The lowest BCUT2D eigenvalue weighted by Crippen LogP contribution is -2.11. The summed E-state index contributed by atoms with van der Waals surface area (Å²) in [6.45, 7) is -2.93. The van der Waals surface area contributed by atoms with Crippen LogP contribution in [0, 0.1) is 0 Å². The summed E-state index contributed by atoms with van der Waals surface area (Å²) in [5, 5.41) is 11.1. The highest BCUT2D eigenvalue weighted by Crippen LogP contribution is 2.18. The standard InChI is InChI=1S/C13H9F2NO5/c14-13(15)21-9-3-1-8(2-4-9)16-11(17)10-5-7(6-20-10)12(18)19/h1-6,13H,(H,16,17)(H,18,19). The number of carbonyl (C=O) groups excluding carboxylic acids is 1. The molecule has 0 bridgehead atoms. The Morgan fingerprint density at radius 1 is 1.24 bits per heavy atom. The van der Waals surface area contributed by atoms with E-state index in [0.29, 0.717) is 5.69 Å². The SMILES string of the molecule is O=C(O)c1coc(C(=O)Nc2ccc(OC(F)F)cc2)c1. The van der Waals surface area contributed by atoms with E-state index in [4.69, 9.17) is 9.52 Å². The number of rotatable bonds is 5. The van der Waals surface area contributed by atoms with Gasteiger partial charge in [-0.25, -0.2) is 4.79 Å². The molecule has 0 atom stereocenters. The molecule has 0 aliphatic rings. The van der Waals surface area contributed by atoms with Crippen molar-refractivity contribution in [1.29, 1.82) is 0 Å². The van der Waals surface area contributed by atoms with Gasteiger partial charge in [0.2, 0.25) is 0 Å². The predicted octanol–water partition coefficient (Wildman–Crippen LogP) is 2.83. The highest BCUT2D eigenvalue weighted by molar-refractivity contribution is 6.03. The molecule has 1 aromatic carbocycles. The van der Waals surface area contributed by atoms with Crippen LogP contribution >= 0.6 is 0 Å². The highest BCUT2D eigenvalue weighted by Gasteiger charge is 2.15. The number of hydrogen-bond donors (Lipinski definition) is 2. The lowest BCUT2D eigenvalue weighted by molar-refractivity contribution is -0.0498. The molecule has 2 aromatic rings. The molecular formula is C13H9F2NO5. The number of aromatic carboxylic acids is 1. The summed E-state index contributed by atoms with van der Waals surface area (Å²) in [5.41, 5.74) is 0.163. The lowest BCUT2D eigenvalue weighted by atomic mass is 10.2. The van der Waals surface area contributed by atoms with E-state index in [2.05, 4.69) is 10.1 Å². The Balaban J connectivity index is 2.03. The Kier molecular flexibility index (Phi) is 4.17. The molecule has 0 aliphatic heterocycles. The Labute approximate surface area is 116 Å². The summed E-state index contributed by atoms with van der Waals surface area (Å²) in [4.78, 5) is 22.4. The quantitative estimate of drug-likeness (QED) is 0.885. The monoisotopic (exact) mass is 297 g/mol. The van der Waals surface area contributed by atoms with Crippen LogP contribution < -0.4 is 10.1 Å². The summed E-state index contributed by atoms with van der Waals surface area (Å²) in [6.07, 6.45) is 0.941. The smallest absolute Gasteiger partial charge is 0.387 e. The molecule has 0 aliphatic carbocycles. The largest absolute Gasteiger partial charge is 0.478 e. The molecule has 0 fully saturated rings. The van der Waals surface area contributed by atoms with E-state index in [9.17, 15) is 18.4 Å². The molecular weight excluding hydrogens is 288 g/mol. The zero-order valence-corrected chi connectivity index (χ0v) is 10.4. The van der Waals surface area contributed by atoms with Gasteiger partial charge in [0, 0.05) is 11.8 Å². The first-order valence-electron chi connectivity index (χ1n) is 5.64. The second-order valence-corrected chi connectivity index (χ2v) is 3.86. The summed E-state index contributed by atoms with van der Waals surface area (Å²) in [6, 6.07) is 6.30. The minimum atomic E-state index is -2.93. The van der Waals surface area contributed by atoms with Crippen molar-refractivity contribution in [2.75, 3.05) is 5.32 Å². The molecule has 1 heterocycles. The molecule has 0 spiro atoms. The van der Waals surface area contributed by atoms with Crippen LogP contribution in [-0.2, 0) is 0 Å². The summed E-state index contributed by atoms with van der Waals surface area (Å²) in [5.74, 6) is -2.11. The maximum atomic E-state index is 12.0. The second-order valence-electron chi connectivity index (χ2n) is 3.86. The van der Waals surface area contributed by atoms with Crippen LogP contribution in [0.15, 0.2) is 41.0 Å². The van der Waals surface area contributed by atoms with Gasteiger partial charge in [-0.2, -0.15) is 8.78 Å². The van der Waals surface area contributed by atoms with Crippen molar-refractivity contribution in [2.45, 2.75) is 6.61 Å². The number of amides is 1. The number of carboxylic acids is 1. The topological polar surface area (TPSA) is 88.8 Å². The third-order valence-electron chi connectivity index (χ3n) is 2.41. The number of furan rings is 1. The number of anilines is 1.